The Morgan fingerprint density at radius 3 is 2.53 bits per heavy atom. The molecule has 2 rings (SSSR count). The number of hydrogen-bond donors (Lipinski definition) is 0. The smallest absolute Gasteiger partial charge is 0.176 e. The summed E-state index contributed by atoms with van der Waals surface area (Å²) in [7, 11) is 2.15. The lowest BCUT2D eigenvalue weighted by molar-refractivity contribution is 0.0933. The van der Waals surface area contributed by atoms with E-state index in [4.69, 9.17) is 0 Å². The summed E-state index contributed by atoms with van der Waals surface area (Å²) in [6, 6.07) is 8.04. The highest BCUT2D eigenvalue weighted by molar-refractivity contribution is 5.97. The van der Waals surface area contributed by atoms with Crippen LogP contribution in [0.1, 0.15) is 29.3 Å². The van der Waals surface area contributed by atoms with Crippen LogP contribution in [-0.2, 0) is 6.42 Å². The van der Waals surface area contributed by atoms with Gasteiger partial charge in [0.05, 0.1) is 6.54 Å². The van der Waals surface area contributed by atoms with Gasteiger partial charge in [0.15, 0.2) is 5.78 Å². The van der Waals surface area contributed by atoms with E-state index in [1.165, 1.54) is 5.56 Å². The van der Waals surface area contributed by atoms with Gasteiger partial charge < -0.3 is 4.90 Å². The Hall–Kier alpha value is -1.19. The number of nitrogens with zero attached hydrogens (tertiary/aromatic N) is 2. The van der Waals surface area contributed by atoms with Crippen LogP contribution < -0.4 is 0 Å². The van der Waals surface area contributed by atoms with Gasteiger partial charge in [0.25, 0.3) is 0 Å². The summed E-state index contributed by atoms with van der Waals surface area (Å²) in [4.78, 5) is 16.9. The largest absolute Gasteiger partial charge is 0.305 e. The fourth-order valence-electron chi connectivity index (χ4n) is 2.48. The molecule has 19 heavy (non-hydrogen) atoms. The van der Waals surface area contributed by atoms with Crippen LogP contribution in [0.5, 0.6) is 0 Å². The number of likely N-dealkylation sites (N-methyl/N-ethyl adjacent to an activating group) is 1. The number of benzene rings is 1. The third-order valence-electron chi connectivity index (χ3n) is 3.86. The molecule has 0 aromatic heterocycles. The van der Waals surface area contributed by atoms with Gasteiger partial charge in [0, 0.05) is 18.7 Å². The van der Waals surface area contributed by atoms with Crippen molar-refractivity contribution in [3.63, 3.8) is 0 Å². The summed E-state index contributed by atoms with van der Waals surface area (Å²) in [6.45, 7) is 6.90. The van der Waals surface area contributed by atoms with Crippen molar-refractivity contribution >= 4 is 5.78 Å². The van der Waals surface area contributed by atoms with E-state index in [-0.39, 0.29) is 5.78 Å². The molecule has 1 aromatic carbocycles. The van der Waals surface area contributed by atoms with Crippen LogP contribution in [0.15, 0.2) is 24.3 Å². The van der Waals surface area contributed by atoms with E-state index in [1.54, 1.807) is 0 Å². The molecule has 1 heterocycles. The average Bonchev–Trinajstić information content (AvgIpc) is 2.64. The Morgan fingerprint density at radius 1 is 1.11 bits per heavy atom. The molecule has 0 N–H and O–H groups in total. The molecule has 0 amide bonds. The summed E-state index contributed by atoms with van der Waals surface area (Å²) in [6.07, 6.45) is 2.17. The van der Waals surface area contributed by atoms with Crippen LogP contribution in [-0.4, -0.2) is 55.4 Å². The van der Waals surface area contributed by atoms with Crippen LogP contribution in [0.4, 0.5) is 0 Å². The van der Waals surface area contributed by atoms with Gasteiger partial charge in [-0.15, -0.1) is 0 Å². The normalized spacial score (nSPS) is 18.2. The second-order valence-corrected chi connectivity index (χ2v) is 5.41. The Bertz CT molecular complexity index is 413. The van der Waals surface area contributed by atoms with Crippen LogP contribution >= 0.6 is 0 Å². The quantitative estimate of drug-likeness (QED) is 0.774. The Balaban J connectivity index is 1.92. The highest BCUT2D eigenvalue weighted by Crippen LogP contribution is 2.08. The SMILES string of the molecule is CCc1ccc(C(=O)CN2CCCN(C)CC2)cc1. The van der Waals surface area contributed by atoms with Gasteiger partial charge in [0.1, 0.15) is 0 Å². The monoisotopic (exact) mass is 260 g/mol. The molecule has 1 aliphatic rings. The van der Waals surface area contributed by atoms with Gasteiger partial charge in [-0.1, -0.05) is 31.2 Å². The van der Waals surface area contributed by atoms with Crippen LogP contribution in [0.3, 0.4) is 0 Å². The second kappa shape index (κ2) is 6.83. The van der Waals surface area contributed by atoms with E-state index in [0.717, 1.165) is 44.6 Å². The van der Waals surface area contributed by atoms with Crippen molar-refractivity contribution in [2.45, 2.75) is 19.8 Å². The van der Waals surface area contributed by atoms with Crippen molar-refractivity contribution in [2.75, 3.05) is 39.8 Å². The van der Waals surface area contributed by atoms with Gasteiger partial charge in [-0.05, 0) is 38.5 Å². The van der Waals surface area contributed by atoms with Gasteiger partial charge in [-0.2, -0.15) is 0 Å². The topological polar surface area (TPSA) is 23.6 Å². The van der Waals surface area contributed by atoms with E-state index in [0.29, 0.717) is 6.54 Å². The Morgan fingerprint density at radius 2 is 1.84 bits per heavy atom. The highest BCUT2D eigenvalue weighted by atomic mass is 16.1. The van der Waals surface area contributed by atoms with E-state index in [9.17, 15) is 4.79 Å². The van der Waals surface area contributed by atoms with Crippen LogP contribution in [0.25, 0.3) is 0 Å². The first-order valence-electron chi connectivity index (χ1n) is 7.22. The molecule has 3 nitrogen and oxygen atoms in total. The molecule has 1 fully saturated rings. The first-order chi connectivity index (χ1) is 9.19. The van der Waals surface area contributed by atoms with Crippen molar-refractivity contribution < 1.29 is 4.79 Å². The summed E-state index contributed by atoms with van der Waals surface area (Å²) < 4.78 is 0. The third kappa shape index (κ3) is 4.15. The van der Waals surface area contributed by atoms with Gasteiger partial charge in [-0.3, -0.25) is 9.69 Å². The molecule has 0 aliphatic carbocycles. The molecule has 0 radical (unpaired) electrons. The molecular formula is C16H24N2O. The van der Waals surface area contributed by atoms with Crippen LogP contribution in [0, 0.1) is 0 Å². The fraction of sp³-hybridized carbons (Fsp3) is 0.562. The van der Waals surface area contributed by atoms with Crippen molar-refractivity contribution in [1.82, 2.24) is 9.80 Å². The molecule has 104 valence electrons. The number of hydrogen-bond acceptors (Lipinski definition) is 3. The van der Waals surface area contributed by atoms with E-state index >= 15 is 0 Å². The summed E-state index contributed by atoms with van der Waals surface area (Å²) in [5.74, 6) is 0.243. The first-order valence-corrected chi connectivity index (χ1v) is 7.22. The van der Waals surface area contributed by atoms with E-state index in [2.05, 4.69) is 35.9 Å². The molecule has 0 bridgehead atoms. The average molecular weight is 260 g/mol. The summed E-state index contributed by atoms with van der Waals surface area (Å²) >= 11 is 0. The van der Waals surface area contributed by atoms with Crippen molar-refractivity contribution in [1.29, 1.82) is 0 Å². The lowest BCUT2D eigenvalue weighted by Crippen LogP contribution is -2.33. The van der Waals surface area contributed by atoms with Gasteiger partial charge >= 0.3 is 0 Å². The molecule has 1 aliphatic heterocycles. The fourth-order valence-corrected chi connectivity index (χ4v) is 2.48. The number of carbonyl (C=O) groups is 1. The zero-order valence-corrected chi connectivity index (χ0v) is 12.1. The molecule has 0 spiro atoms. The maximum Gasteiger partial charge on any atom is 0.176 e. The minimum Gasteiger partial charge on any atom is -0.305 e. The number of rotatable bonds is 4. The molecular weight excluding hydrogens is 236 g/mol. The number of ketones is 1. The summed E-state index contributed by atoms with van der Waals surface area (Å²) in [5.41, 5.74) is 2.13. The predicted molar refractivity (Wildman–Crippen MR) is 78.7 cm³/mol. The molecule has 3 heteroatoms. The minimum atomic E-state index is 0.243. The van der Waals surface area contributed by atoms with Crippen LogP contribution in [0.2, 0.25) is 0 Å². The van der Waals surface area contributed by atoms with Gasteiger partial charge in [0.2, 0.25) is 0 Å². The van der Waals surface area contributed by atoms with Crippen molar-refractivity contribution in [3.8, 4) is 0 Å². The van der Waals surface area contributed by atoms with Crippen molar-refractivity contribution in [2.24, 2.45) is 0 Å². The Labute approximate surface area is 116 Å². The predicted octanol–water partition coefficient (Wildman–Crippen LogP) is 2.07. The number of carbonyl (C=O) groups excluding carboxylic acids is 1. The van der Waals surface area contributed by atoms with Gasteiger partial charge in [-0.25, -0.2) is 0 Å². The van der Waals surface area contributed by atoms with E-state index in [1.807, 2.05) is 12.1 Å². The van der Waals surface area contributed by atoms with E-state index < -0.39 is 0 Å². The molecule has 1 aromatic rings. The highest BCUT2D eigenvalue weighted by Gasteiger charge is 2.15. The first kappa shape index (κ1) is 14.2. The molecule has 0 unspecified atom stereocenters. The second-order valence-electron chi connectivity index (χ2n) is 5.41. The third-order valence-corrected chi connectivity index (χ3v) is 3.86. The zero-order valence-electron chi connectivity index (χ0n) is 12.1. The minimum absolute atomic E-state index is 0.243. The summed E-state index contributed by atoms with van der Waals surface area (Å²) in [5, 5.41) is 0. The number of aryl methyl sites for hydroxylation is 1. The number of Topliss-reactive ketones (excluding diaryl/α,β-unsaturated/α-hetero) is 1. The molecule has 0 saturated carbocycles. The standard InChI is InChI=1S/C16H24N2O/c1-3-14-5-7-15(8-6-14)16(19)13-18-10-4-9-17(2)11-12-18/h5-8H,3-4,9-13H2,1-2H3. The van der Waals surface area contributed by atoms with Crippen molar-refractivity contribution in [3.05, 3.63) is 35.4 Å². The lowest BCUT2D eigenvalue weighted by Gasteiger charge is -2.19. The zero-order chi connectivity index (χ0) is 13.7. The Kier molecular flexibility index (Phi) is 5.11. The maximum absolute atomic E-state index is 12.3. The lowest BCUT2D eigenvalue weighted by atomic mass is 10.1. The maximum atomic E-state index is 12.3. The molecule has 1 saturated heterocycles. The molecule has 0 atom stereocenters.